The molecule has 148 valence electrons. The third kappa shape index (κ3) is 3.57. The van der Waals surface area contributed by atoms with E-state index in [0.717, 1.165) is 12.8 Å². The second-order valence-electron chi connectivity index (χ2n) is 7.85. The number of aryl methyl sites for hydroxylation is 2. The molecular weight excluding hydrogens is 372 g/mol. The summed E-state index contributed by atoms with van der Waals surface area (Å²) in [6.07, 6.45) is 2.34. The van der Waals surface area contributed by atoms with Gasteiger partial charge in [-0.25, -0.2) is 0 Å². The maximum atomic E-state index is 6.87. The van der Waals surface area contributed by atoms with Crippen molar-refractivity contribution in [1.29, 1.82) is 0 Å². The first kappa shape index (κ1) is 20.4. The van der Waals surface area contributed by atoms with E-state index in [1.807, 2.05) is 0 Å². The van der Waals surface area contributed by atoms with Crippen LogP contribution in [0.15, 0.2) is 78.9 Å². The van der Waals surface area contributed by atoms with Crippen LogP contribution in [0.3, 0.4) is 0 Å². The van der Waals surface area contributed by atoms with Crippen molar-refractivity contribution in [1.82, 2.24) is 4.67 Å². The highest BCUT2D eigenvalue weighted by Gasteiger charge is 2.44. The average Bonchev–Trinajstić information content (AvgIpc) is 2.94. The molecule has 29 heavy (non-hydrogen) atoms. The van der Waals surface area contributed by atoms with Crippen LogP contribution >= 0.6 is 8.30 Å². The molecule has 4 heteroatoms. The zero-order valence-corrected chi connectivity index (χ0v) is 17.3. The van der Waals surface area contributed by atoms with Crippen LogP contribution in [0.1, 0.15) is 46.5 Å². The fourth-order valence-electron chi connectivity index (χ4n) is 4.61. The van der Waals surface area contributed by atoms with Crippen LogP contribution in [-0.2, 0) is 17.4 Å². The highest BCUT2D eigenvalue weighted by atomic mass is 31.2. The summed E-state index contributed by atoms with van der Waals surface area (Å²) >= 11 is 0. The topological polar surface area (TPSA) is 12.5 Å². The first-order valence-corrected chi connectivity index (χ1v) is 11.4. The number of nitrogens with zero attached hydrogens (tertiary/aromatic N) is 1. The molecular formula is C25H29BNOP. The number of hydrogen-bond donors (Lipinski definition) is 0. The van der Waals surface area contributed by atoms with Crippen LogP contribution in [0.5, 0.6) is 0 Å². The molecule has 2 aliphatic rings. The molecule has 5 rings (SSSR count). The number of fused-ring (bicyclic) bond motifs is 2. The van der Waals surface area contributed by atoms with E-state index in [4.69, 9.17) is 4.52 Å². The molecule has 1 aliphatic carbocycles. The summed E-state index contributed by atoms with van der Waals surface area (Å²) in [5.41, 5.74) is 7.42. The lowest BCUT2D eigenvalue weighted by atomic mass is 10.00. The van der Waals surface area contributed by atoms with Crippen molar-refractivity contribution in [2.24, 2.45) is 0 Å². The molecule has 0 bridgehead atoms. The third-order valence-electron chi connectivity index (χ3n) is 6.27. The molecule has 1 unspecified atom stereocenters. The summed E-state index contributed by atoms with van der Waals surface area (Å²) in [6, 6.07) is 29.0. The van der Waals surface area contributed by atoms with Gasteiger partial charge in [-0.1, -0.05) is 78.9 Å². The largest absolute Gasteiger partial charge is 0.333 e. The number of likely N-dealkylation sites (N-methyl/N-ethyl adjacent to an activating group) is 1. The van der Waals surface area contributed by atoms with Gasteiger partial charge in [-0.15, -0.1) is 0 Å². The molecule has 0 aromatic heterocycles. The Morgan fingerprint density at radius 1 is 0.793 bits per heavy atom. The fraction of sp³-hybridized carbons (Fsp3) is 0.280. The van der Waals surface area contributed by atoms with Gasteiger partial charge in [0.25, 0.3) is 0 Å². The summed E-state index contributed by atoms with van der Waals surface area (Å²) < 4.78 is 9.37. The van der Waals surface area contributed by atoms with Crippen LogP contribution in [0, 0.1) is 0 Å². The van der Waals surface area contributed by atoms with Gasteiger partial charge in [0.2, 0.25) is 0 Å². The Balaban J connectivity index is 0.00000205. The maximum absolute atomic E-state index is 6.87. The highest BCUT2D eigenvalue weighted by Crippen LogP contribution is 2.66. The summed E-state index contributed by atoms with van der Waals surface area (Å²) in [7, 11) is 1.46. The minimum absolute atomic E-state index is 0. The van der Waals surface area contributed by atoms with Gasteiger partial charge in [-0.05, 0) is 54.6 Å². The molecule has 3 aromatic rings. The first-order chi connectivity index (χ1) is 13.7. The zero-order valence-electron chi connectivity index (χ0n) is 16.5. The van der Waals surface area contributed by atoms with Crippen LogP contribution < -0.4 is 0 Å². The molecule has 0 saturated carbocycles. The second kappa shape index (κ2) is 8.44. The Labute approximate surface area is 177 Å². The normalized spacial score (nSPS) is 24.3. The Morgan fingerprint density at radius 2 is 1.31 bits per heavy atom. The molecule has 1 saturated heterocycles. The molecule has 3 atom stereocenters. The van der Waals surface area contributed by atoms with Crippen LogP contribution in [0.4, 0.5) is 0 Å². The average molecular weight is 401 g/mol. The number of benzene rings is 3. The maximum Gasteiger partial charge on any atom is 0.117 e. The predicted molar refractivity (Wildman–Crippen MR) is 126 cm³/mol. The van der Waals surface area contributed by atoms with Crippen molar-refractivity contribution >= 4 is 16.7 Å². The molecule has 1 aliphatic heterocycles. The molecule has 0 N–H and O–H groups in total. The van der Waals surface area contributed by atoms with Crippen LogP contribution in [-0.4, -0.2) is 26.2 Å². The number of rotatable bonds is 2. The van der Waals surface area contributed by atoms with Crippen LogP contribution in [0.2, 0.25) is 0 Å². The van der Waals surface area contributed by atoms with Gasteiger partial charge in [-0.3, -0.25) is 4.67 Å². The lowest BCUT2D eigenvalue weighted by molar-refractivity contribution is 0.217. The van der Waals surface area contributed by atoms with Crippen LogP contribution in [0.25, 0.3) is 0 Å². The second-order valence-corrected chi connectivity index (χ2v) is 9.82. The van der Waals surface area contributed by atoms with E-state index in [1.54, 1.807) is 0 Å². The molecule has 0 spiro atoms. The summed E-state index contributed by atoms with van der Waals surface area (Å²) in [4.78, 5) is 0. The van der Waals surface area contributed by atoms with Gasteiger partial charge in [0.05, 0.1) is 14.1 Å². The standard InChI is InChI=1S/C25H26NOP.BH3/c1-18-24(21-12-4-3-5-13-21)27-28(26(18)2)25-22-14-8-6-10-19(22)16-17-20-11-7-9-15-23(20)25;/h3-15,18,24-25H,16-17H2,1-2H3;1H3/t18-,24-,28?;/m0./s1. The highest BCUT2D eigenvalue weighted by molar-refractivity contribution is 7.51. The van der Waals surface area contributed by atoms with Crippen molar-refractivity contribution in [3.05, 3.63) is 107 Å². The molecule has 1 fully saturated rings. The van der Waals surface area contributed by atoms with Crippen molar-refractivity contribution in [3.8, 4) is 0 Å². The molecule has 3 aromatic carbocycles. The lowest BCUT2D eigenvalue weighted by Crippen LogP contribution is -2.23. The molecule has 0 amide bonds. The van der Waals surface area contributed by atoms with Gasteiger partial charge < -0.3 is 4.52 Å². The minimum Gasteiger partial charge on any atom is -0.333 e. The fourth-order valence-corrected chi connectivity index (χ4v) is 7.24. The zero-order chi connectivity index (χ0) is 19.1. The number of hydrogen-bond acceptors (Lipinski definition) is 2. The predicted octanol–water partition coefficient (Wildman–Crippen LogP) is 5.09. The SMILES string of the molecule is B.C[C@H]1[C@@H](c2ccccc2)OP(C2c3ccccc3CCc3ccccc32)N1C. The Kier molecular flexibility index (Phi) is 5.92. The molecule has 1 heterocycles. The van der Waals surface area contributed by atoms with Gasteiger partial charge in [0.15, 0.2) is 0 Å². The van der Waals surface area contributed by atoms with E-state index >= 15 is 0 Å². The minimum atomic E-state index is -0.784. The van der Waals surface area contributed by atoms with Gasteiger partial charge in [0.1, 0.15) is 14.4 Å². The molecule has 2 nitrogen and oxygen atoms in total. The summed E-state index contributed by atoms with van der Waals surface area (Å²) in [6.45, 7) is 2.30. The van der Waals surface area contributed by atoms with Gasteiger partial charge >= 0.3 is 0 Å². The molecule has 0 radical (unpaired) electrons. The monoisotopic (exact) mass is 401 g/mol. The van der Waals surface area contributed by atoms with E-state index in [1.165, 1.54) is 27.8 Å². The Hall–Kier alpha value is -1.93. The van der Waals surface area contributed by atoms with Gasteiger partial charge in [0, 0.05) is 6.04 Å². The van der Waals surface area contributed by atoms with Gasteiger partial charge in [-0.2, -0.15) is 0 Å². The van der Waals surface area contributed by atoms with E-state index in [-0.39, 0.29) is 14.5 Å². The van der Waals surface area contributed by atoms with Crippen molar-refractivity contribution in [3.63, 3.8) is 0 Å². The summed E-state index contributed by atoms with van der Waals surface area (Å²) in [5.74, 6) is 0. The lowest BCUT2D eigenvalue weighted by Gasteiger charge is -2.30. The third-order valence-corrected chi connectivity index (χ3v) is 8.70. The van der Waals surface area contributed by atoms with Crippen molar-refractivity contribution < 1.29 is 4.52 Å². The van der Waals surface area contributed by atoms with E-state index in [2.05, 4.69) is 97.5 Å². The van der Waals surface area contributed by atoms with Crippen molar-refractivity contribution in [2.75, 3.05) is 7.05 Å². The smallest absolute Gasteiger partial charge is 0.117 e. The quantitative estimate of drug-likeness (QED) is 0.438. The summed E-state index contributed by atoms with van der Waals surface area (Å²) in [5, 5.41) is 0. The van der Waals surface area contributed by atoms with E-state index < -0.39 is 8.30 Å². The Bertz CT molecular complexity index is 932. The van der Waals surface area contributed by atoms with E-state index in [0.29, 0.717) is 11.7 Å². The Morgan fingerprint density at radius 3 is 1.90 bits per heavy atom. The van der Waals surface area contributed by atoms with Crippen molar-refractivity contribution in [2.45, 2.75) is 37.6 Å². The van der Waals surface area contributed by atoms with E-state index in [9.17, 15) is 0 Å². The first-order valence-electron chi connectivity index (χ1n) is 10.1.